The van der Waals surface area contributed by atoms with Crippen molar-refractivity contribution in [3.63, 3.8) is 0 Å². The SMILES string of the molecule is CC1CCN(C(=O)c2ccc(NC(=O)N(C)CCN(C)C3CCN(C)CC3)cc2)CC1. The molecule has 0 aromatic heterocycles. The van der Waals surface area contributed by atoms with E-state index in [2.05, 4.69) is 36.1 Å². The highest BCUT2D eigenvalue weighted by Gasteiger charge is 2.22. The first kappa shape index (κ1) is 23.5. The van der Waals surface area contributed by atoms with E-state index in [-0.39, 0.29) is 11.9 Å². The molecule has 3 amide bonds. The number of urea groups is 1. The molecule has 31 heavy (non-hydrogen) atoms. The molecule has 0 aliphatic carbocycles. The van der Waals surface area contributed by atoms with Crippen LogP contribution in [-0.2, 0) is 0 Å². The Morgan fingerprint density at radius 3 is 2.19 bits per heavy atom. The maximum absolute atomic E-state index is 12.7. The van der Waals surface area contributed by atoms with Crippen molar-refractivity contribution in [2.45, 2.75) is 38.6 Å². The zero-order valence-electron chi connectivity index (χ0n) is 19.6. The third-order valence-corrected chi connectivity index (χ3v) is 6.90. The number of anilines is 1. The van der Waals surface area contributed by atoms with Gasteiger partial charge in [-0.15, -0.1) is 0 Å². The van der Waals surface area contributed by atoms with Crippen LogP contribution in [0.5, 0.6) is 0 Å². The lowest BCUT2D eigenvalue weighted by atomic mass is 9.98. The second-order valence-corrected chi connectivity index (χ2v) is 9.42. The number of hydrogen-bond donors (Lipinski definition) is 1. The van der Waals surface area contributed by atoms with E-state index in [1.165, 1.54) is 12.8 Å². The van der Waals surface area contributed by atoms with Crippen LogP contribution in [0.1, 0.15) is 43.0 Å². The Morgan fingerprint density at radius 1 is 0.968 bits per heavy atom. The monoisotopic (exact) mass is 429 g/mol. The third-order valence-electron chi connectivity index (χ3n) is 6.90. The van der Waals surface area contributed by atoms with E-state index in [1.807, 2.05) is 36.2 Å². The number of rotatable bonds is 6. The Balaban J connectivity index is 1.43. The topological polar surface area (TPSA) is 59.1 Å². The van der Waals surface area contributed by atoms with Gasteiger partial charge in [-0.25, -0.2) is 4.79 Å². The molecular weight excluding hydrogens is 390 g/mol. The number of piperidine rings is 2. The fourth-order valence-electron chi connectivity index (χ4n) is 4.34. The van der Waals surface area contributed by atoms with Crippen molar-refractivity contribution in [1.29, 1.82) is 0 Å². The molecule has 3 rings (SSSR count). The van der Waals surface area contributed by atoms with E-state index in [1.54, 1.807) is 4.90 Å². The highest BCUT2D eigenvalue weighted by atomic mass is 16.2. The van der Waals surface area contributed by atoms with Crippen molar-refractivity contribution < 1.29 is 9.59 Å². The number of carbonyl (C=O) groups excluding carboxylic acids is 2. The molecule has 1 aromatic rings. The van der Waals surface area contributed by atoms with E-state index in [0.717, 1.165) is 45.6 Å². The summed E-state index contributed by atoms with van der Waals surface area (Å²) < 4.78 is 0. The number of likely N-dealkylation sites (N-methyl/N-ethyl adjacent to an activating group) is 2. The summed E-state index contributed by atoms with van der Waals surface area (Å²) in [5.41, 5.74) is 1.39. The van der Waals surface area contributed by atoms with Crippen molar-refractivity contribution in [3.8, 4) is 0 Å². The van der Waals surface area contributed by atoms with Crippen LogP contribution in [0.25, 0.3) is 0 Å². The molecule has 0 spiro atoms. The van der Waals surface area contributed by atoms with Crippen LogP contribution >= 0.6 is 0 Å². The lowest BCUT2D eigenvalue weighted by molar-refractivity contribution is 0.0697. The summed E-state index contributed by atoms with van der Waals surface area (Å²) in [6.45, 7) is 7.72. The second kappa shape index (κ2) is 11.0. The van der Waals surface area contributed by atoms with Gasteiger partial charge >= 0.3 is 6.03 Å². The Kier molecular flexibility index (Phi) is 8.32. The minimum absolute atomic E-state index is 0.0823. The minimum atomic E-state index is -0.124. The quantitative estimate of drug-likeness (QED) is 0.755. The zero-order chi connectivity index (χ0) is 22.4. The van der Waals surface area contributed by atoms with Crippen molar-refractivity contribution in [1.82, 2.24) is 19.6 Å². The van der Waals surface area contributed by atoms with Crippen LogP contribution in [0.4, 0.5) is 10.5 Å². The van der Waals surface area contributed by atoms with E-state index < -0.39 is 0 Å². The average molecular weight is 430 g/mol. The lowest BCUT2D eigenvalue weighted by Gasteiger charge is -2.35. The van der Waals surface area contributed by atoms with Crippen molar-refractivity contribution in [3.05, 3.63) is 29.8 Å². The van der Waals surface area contributed by atoms with Gasteiger partial charge in [-0.3, -0.25) is 4.79 Å². The molecule has 0 saturated carbocycles. The Labute approximate surface area is 187 Å². The largest absolute Gasteiger partial charge is 0.339 e. The number of nitrogens with one attached hydrogen (secondary N) is 1. The van der Waals surface area contributed by atoms with Gasteiger partial charge in [0.05, 0.1) is 0 Å². The molecular formula is C24H39N5O2. The standard InChI is InChI=1S/C24H39N5O2/c1-19-9-15-29(16-10-19)23(30)20-5-7-21(8-6-20)25-24(31)28(4)18-17-27(3)22-11-13-26(2)14-12-22/h5-8,19,22H,9-18H2,1-4H3,(H,25,31). The maximum Gasteiger partial charge on any atom is 0.321 e. The summed E-state index contributed by atoms with van der Waals surface area (Å²) >= 11 is 0. The molecule has 2 heterocycles. The zero-order valence-corrected chi connectivity index (χ0v) is 19.6. The number of benzene rings is 1. The van der Waals surface area contributed by atoms with E-state index >= 15 is 0 Å². The lowest BCUT2D eigenvalue weighted by Crippen LogP contribution is -2.45. The molecule has 172 valence electrons. The molecule has 2 aliphatic rings. The van der Waals surface area contributed by atoms with Crippen LogP contribution in [0, 0.1) is 5.92 Å². The first-order chi connectivity index (χ1) is 14.8. The third kappa shape index (κ3) is 6.68. The van der Waals surface area contributed by atoms with Gasteiger partial charge in [0.15, 0.2) is 0 Å². The fourth-order valence-corrected chi connectivity index (χ4v) is 4.34. The molecule has 2 aliphatic heterocycles. The molecule has 1 aromatic carbocycles. The van der Waals surface area contributed by atoms with Crippen molar-refractivity contribution >= 4 is 17.6 Å². The van der Waals surface area contributed by atoms with Gasteiger partial charge in [0, 0.05) is 50.5 Å². The number of carbonyl (C=O) groups is 2. The predicted octanol–water partition coefficient (Wildman–Crippen LogP) is 3.05. The highest BCUT2D eigenvalue weighted by Crippen LogP contribution is 2.19. The van der Waals surface area contributed by atoms with Crippen LogP contribution in [0.3, 0.4) is 0 Å². The van der Waals surface area contributed by atoms with Gasteiger partial charge in [0.25, 0.3) is 5.91 Å². The number of hydrogen-bond acceptors (Lipinski definition) is 4. The normalized spacial score (nSPS) is 18.9. The Hall–Kier alpha value is -2.12. The molecule has 7 nitrogen and oxygen atoms in total. The van der Waals surface area contributed by atoms with Crippen molar-refractivity contribution in [2.75, 3.05) is 65.7 Å². The number of likely N-dealkylation sites (tertiary alicyclic amines) is 2. The van der Waals surface area contributed by atoms with Gasteiger partial charge in [0.1, 0.15) is 0 Å². The maximum atomic E-state index is 12.7. The van der Waals surface area contributed by atoms with Gasteiger partial charge in [0.2, 0.25) is 0 Å². The summed E-state index contributed by atoms with van der Waals surface area (Å²) in [6, 6.07) is 7.72. The molecule has 0 unspecified atom stereocenters. The highest BCUT2D eigenvalue weighted by molar-refractivity contribution is 5.95. The smallest absolute Gasteiger partial charge is 0.321 e. The Morgan fingerprint density at radius 2 is 1.58 bits per heavy atom. The molecule has 0 atom stereocenters. The summed E-state index contributed by atoms with van der Waals surface area (Å²) in [5.74, 6) is 0.779. The van der Waals surface area contributed by atoms with Crippen LogP contribution in [0.2, 0.25) is 0 Å². The van der Waals surface area contributed by atoms with Crippen LogP contribution in [-0.4, -0.2) is 98.0 Å². The van der Waals surface area contributed by atoms with E-state index in [4.69, 9.17) is 0 Å². The summed E-state index contributed by atoms with van der Waals surface area (Å²) in [7, 11) is 6.15. The summed E-state index contributed by atoms with van der Waals surface area (Å²) in [4.78, 5) is 33.6. The molecule has 0 radical (unpaired) electrons. The van der Waals surface area contributed by atoms with Gasteiger partial charge in [-0.2, -0.15) is 0 Å². The average Bonchev–Trinajstić information content (AvgIpc) is 2.78. The van der Waals surface area contributed by atoms with E-state index in [0.29, 0.717) is 29.8 Å². The number of nitrogens with zero attached hydrogens (tertiary/aromatic N) is 4. The summed E-state index contributed by atoms with van der Waals surface area (Å²) in [5, 5.41) is 2.94. The fraction of sp³-hybridized carbons (Fsp3) is 0.667. The van der Waals surface area contributed by atoms with E-state index in [9.17, 15) is 9.59 Å². The minimum Gasteiger partial charge on any atom is -0.339 e. The van der Waals surface area contributed by atoms with Gasteiger partial charge in [-0.1, -0.05) is 6.92 Å². The summed E-state index contributed by atoms with van der Waals surface area (Å²) in [6.07, 6.45) is 4.51. The van der Waals surface area contributed by atoms with Crippen LogP contribution < -0.4 is 5.32 Å². The molecule has 1 N–H and O–H groups in total. The van der Waals surface area contributed by atoms with Gasteiger partial charge in [-0.05, 0) is 83.1 Å². The molecule has 2 fully saturated rings. The Bertz CT molecular complexity index is 722. The molecule has 7 heteroatoms. The number of amides is 3. The first-order valence-electron chi connectivity index (χ1n) is 11.6. The molecule has 0 bridgehead atoms. The van der Waals surface area contributed by atoms with Gasteiger partial charge < -0.3 is 24.9 Å². The van der Waals surface area contributed by atoms with Crippen LogP contribution in [0.15, 0.2) is 24.3 Å². The van der Waals surface area contributed by atoms with Crippen molar-refractivity contribution in [2.24, 2.45) is 5.92 Å². The molecule has 2 saturated heterocycles. The second-order valence-electron chi connectivity index (χ2n) is 9.42. The first-order valence-corrected chi connectivity index (χ1v) is 11.6. The predicted molar refractivity (Wildman–Crippen MR) is 126 cm³/mol.